The minimum absolute atomic E-state index is 0.123. The van der Waals surface area contributed by atoms with Crippen LogP contribution in [0.5, 0.6) is 11.6 Å². The van der Waals surface area contributed by atoms with E-state index in [2.05, 4.69) is 15.4 Å². The second kappa shape index (κ2) is 7.14. The third kappa shape index (κ3) is 3.36. The number of aromatic hydroxyl groups is 1. The lowest BCUT2D eigenvalue weighted by atomic mass is 9.49. The zero-order chi connectivity index (χ0) is 20.9. The van der Waals surface area contributed by atoms with E-state index < -0.39 is 18.4 Å². The molecule has 4 aliphatic carbocycles. The number of nitrogens with one attached hydrogen (secondary N) is 1. The van der Waals surface area contributed by atoms with Crippen molar-refractivity contribution in [2.45, 2.75) is 44.9 Å². The molecule has 0 unspecified atom stereocenters. The van der Waals surface area contributed by atoms with Gasteiger partial charge < -0.3 is 20.3 Å². The van der Waals surface area contributed by atoms with E-state index >= 15 is 0 Å². The van der Waals surface area contributed by atoms with E-state index in [1.54, 1.807) is 0 Å². The number of amides is 1. The van der Waals surface area contributed by atoms with Gasteiger partial charge in [0.1, 0.15) is 24.2 Å². The van der Waals surface area contributed by atoms with Gasteiger partial charge in [0.05, 0.1) is 6.61 Å². The van der Waals surface area contributed by atoms with E-state index in [1.165, 1.54) is 55.4 Å². The van der Waals surface area contributed by atoms with E-state index in [0.717, 1.165) is 24.2 Å². The van der Waals surface area contributed by atoms with Gasteiger partial charge in [-0.25, -0.2) is 4.98 Å². The maximum absolute atomic E-state index is 12.3. The number of ether oxygens (including phenoxy) is 1. The Hall–Kier alpha value is -2.84. The summed E-state index contributed by atoms with van der Waals surface area (Å²) in [6.45, 7) is -0.0347. The van der Waals surface area contributed by atoms with Crippen molar-refractivity contribution in [3.8, 4) is 11.6 Å². The third-order valence-electron chi connectivity index (χ3n) is 7.17. The van der Waals surface area contributed by atoms with Crippen molar-refractivity contribution in [3.63, 3.8) is 0 Å². The minimum Gasteiger partial charge on any atom is -0.507 e. The van der Waals surface area contributed by atoms with Crippen LogP contribution < -0.4 is 10.1 Å². The van der Waals surface area contributed by atoms with Gasteiger partial charge in [-0.15, -0.1) is 0 Å². The molecule has 1 amide bonds. The Labute approximate surface area is 173 Å². The highest BCUT2D eigenvalue weighted by Crippen LogP contribution is 2.61. The average molecular weight is 414 g/mol. The molecule has 160 valence electrons. The van der Waals surface area contributed by atoms with Gasteiger partial charge in [-0.3, -0.25) is 9.59 Å². The number of carboxylic acid groups (broad SMARTS) is 1. The maximum Gasteiger partial charge on any atom is 0.322 e. The summed E-state index contributed by atoms with van der Waals surface area (Å²) in [5, 5.41) is 25.5. The van der Waals surface area contributed by atoms with Crippen LogP contribution >= 0.6 is 0 Å². The number of hydrogen-bond acceptors (Lipinski definition) is 6. The molecule has 30 heavy (non-hydrogen) atoms. The summed E-state index contributed by atoms with van der Waals surface area (Å²) < 4.78 is 7.38. The van der Waals surface area contributed by atoms with Crippen molar-refractivity contribution in [3.05, 3.63) is 18.0 Å². The first-order chi connectivity index (χ1) is 14.4. The molecule has 0 aromatic carbocycles. The van der Waals surface area contributed by atoms with Crippen molar-refractivity contribution in [1.82, 2.24) is 19.9 Å². The Kier molecular flexibility index (Phi) is 4.56. The monoisotopic (exact) mass is 414 g/mol. The van der Waals surface area contributed by atoms with Gasteiger partial charge in [0.2, 0.25) is 5.88 Å². The highest BCUT2D eigenvalue weighted by atomic mass is 16.5. The molecule has 4 bridgehead atoms. The quantitative estimate of drug-likeness (QED) is 0.634. The predicted molar refractivity (Wildman–Crippen MR) is 105 cm³/mol. The molecular weight excluding hydrogens is 388 g/mol. The fourth-order valence-electron chi connectivity index (χ4n) is 6.47. The molecule has 0 radical (unpaired) electrons. The Morgan fingerprint density at radius 2 is 1.87 bits per heavy atom. The number of carbonyl (C=O) groups is 2. The molecule has 0 atom stereocenters. The van der Waals surface area contributed by atoms with Crippen molar-refractivity contribution in [1.29, 1.82) is 0 Å². The second-order valence-electron chi connectivity index (χ2n) is 9.33. The summed E-state index contributed by atoms with van der Waals surface area (Å²) in [4.78, 5) is 27.1. The summed E-state index contributed by atoms with van der Waals surface area (Å²) in [7, 11) is 0. The Bertz CT molecular complexity index is 965. The molecule has 9 nitrogen and oxygen atoms in total. The van der Waals surface area contributed by atoms with Gasteiger partial charge in [0.15, 0.2) is 5.65 Å². The molecule has 0 aliphatic heterocycles. The molecule has 6 rings (SSSR count). The number of pyridine rings is 1. The first kappa shape index (κ1) is 19.1. The number of rotatable bonds is 7. The van der Waals surface area contributed by atoms with E-state index in [1.807, 2.05) is 0 Å². The van der Waals surface area contributed by atoms with Gasteiger partial charge >= 0.3 is 5.97 Å². The summed E-state index contributed by atoms with van der Waals surface area (Å²) in [6.07, 6.45) is 10.4. The lowest BCUT2D eigenvalue weighted by molar-refractivity contribution is -0.135. The smallest absolute Gasteiger partial charge is 0.322 e. The zero-order valence-electron chi connectivity index (χ0n) is 16.7. The lowest BCUT2D eigenvalue weighted by Gasteiger charge is -2.57. The van der Waals surface area contributed by atoms with E-state index in [0.29, 0.717) is 17.9 Å². The Morgan fingerprint density at radius 3 is 2.50 bits per heavy atom. The summed E-state index contributed by atoms with van der Waals surface area (Å²) in [5.74, 6) is 0.739. The molecule has 4 fully saturated rings. The normalized spacial score (nSPS) is 29.3. The standard InChI is InChI=1S/C21H26N4O5/c26-15-6-16(25-19(23-11-24-25)18(15)20(29)22-10-17(27)28)30-2-1-21-7-12-3-13(8-21)5-14(4-12)9-21/h6,11-14,26H,1-5,7-10H2,(H,22,29)(H,27,28). The first-order valence-corrected chi connectivity index (χ1v) is 10.6. The fourth-order valence-corrected chi connectivity index (χ4v) is 6.47. The maximum atomic E-state index is 12.3. The fraction of sp³-hybridized carbons (Fsp3) is 0.619. The van der Waals surface area contributed by atoms with Gasteiger partial charge in [0.25, 0.3) is 5.91 Å². The molecule has 2 heterocycles. The number of nitrogens with zero attached hydrogens (tertiary/aromatic N) is 3. The molecule has 3 N–H and O–H groups in total. The molecule has 4 aliphatic rings. The summed E-state index contributed by atoms with van der Waals surface area (Å²) in [5.41, 5.74) is 0.388. The largest absolute Gasteiger partial charge is 0.507 e. The predicted octanol–water partition coefficient (Wildman–Crippen LogP) is 2.23. The summed E-state index contributed by atoms with van der Waals surface area (Å²) >= 11 is 0. The topological polar surface area (TPSA) is 126 Å². The Morgan fingerprint density at radius 1 is 1.20 bits per heavy atom. The third-order valence-corrected chi connectivity index (χ3v) is 7.17. The first-order valence-electron chi connectivity index (χ1n) is 10.6. The van der Waals surface area contributed by atoms with Crippen LogP contribution in [0.1, 0.15) is 55.3 Å². The van der Waals surface area contributed by atoms with Crippen LogP contribution in [0.2, 0.25) is 0 Å². The summed E-state index contributed by atoms with van der Waals surface area (Å²) in [6, 6.07) is 1.34. The minimum atomic E-state index is -1.18. The molecule has 4 saturated carbocycles. The van der Waals surface area contributed by atoms with E-state index in [-0.39, 0.29) is 17.0 Å². The van der Waals surface area contributed by atoms with Gasteiger partial charge in [-0.1, -0.05) is 0 Å². The van der Waals surface area contributed by atoms with Gasteiger partial charge in [-0.2, -0.15) is 9.61 Å². The van der Waals surface area contributed by atoms with Crippen molar-refractivity contribution in [2.24, 2.45) is 23.2 Å². The zero-order valence-corrected chi connectivity index (χ0v) is 16.7. The van der Waals surface area contributed by atoms with E-state index in [9.17, 15) is 14.7 Å². The van der Waals surface area contributed by atoms with Gasteiger partial charge in [-0.05, 0) is 68.1 Å². The molecule has 2 aromatic heterocycles. The number of carbonyl (C=O) groups excluding carboxylic acids is 1. The van der Waals surface area contributed by atoms with E-state index in [4.69, 9.17) is 9.84 Å². The molecule has 2 aromatic rings. The van der Waals surface area contributed by atoms with Gasteiger partial charge in [0, 0.05) is 6.07 Å². The van der Waals surface area contributed by atoms with Crippen LogP contribution in [0.4, 0.5) is 0 Å². The lowest BCUT2D eigenvalue weighted by Crippen LogP contribution is -2.46. The SMILES string of the molecule is O=C(O)CNC(=O)c1c(O)cc(OCCC23CC4CC(CC(C4)C2)C3)n2ncnc12. The highest BCUT2D eigenvalue weighted by Gasteiger charge is 2.50. The molecule has 0 spiro atoms. The van der Waals surface area contributed by atoms with Crippen LogP contribution in [0.3, 0.4) is 0 Å². The number of hydrogen-bond donors (Lipinski definition) is 3. The average Bonchev–Trinajstić information content (AvgIpc) is 3.14. The number of carboxylic acids is 1. The van der Waals surface area contributed by atoms with Crippen molar-refractivity contribution < 1.29 is 24.5 Å². The number of aromatic nitrogens is 3. The number of fused-ring (bicyclic) bond motifs is 1. The molecular formula is C21H26N4O5. The molecule has 0 saturated heterocycles. The number of aliphatic carboxylic acids is 1. The van der Waals surface area contributed by atoms with Crippen LogP contribution in [0, 0.1) is 23.2 Å². The van der Waals surface area contributed by atoms with Crippen molar-refractivity contribution >= 4 is 17.5 Å². The van der Waals surface area contributed by atoms with Crippen molar-refractivity contribution in [2.75, 3.05) is 13.2 Å². The van der Waals surface area contributed by atoms with Crippen LogP contribution in [-0.4, -0.2) is 49.8 Å². The highest BCUT2D eigenvalue weighted by molar-refractivity contribution is 6.03. The second-order valence-corrected chi connectivity index (χ2v) is 9.33. The van der Waals surface area contributed by atoms with Crippen LogP contribution in [0.25, 0.3) is 5.65 Å². The molecule has 9 heteroatoms. The van der Waals surface area contributed by atoms with Crippen LogP contribution in [0.15, 0.2) is 12.4 Å². The van der Waals surface area contributed by atoms with Crippen LogP contribution in [-0.2, 0) is 4.79 Å². The Balaban J connectivity index is 1.31.